The van der Waals surface area contributed by atoms with Crippen LogP contribution in [-0.4, -0.2) is 18.6 Å². The minimum Gasteiger partial charge on any atom is -0.457 e. The molecule has 0 fully saturated rings. The number of carbonyl (C=O) groups excluding carboxylic acids is 2. The zero-order valence-corrected chi connectivity index (χ0v) is 35.7. The lowest BCUT2D eigenvalue weighted by atomic mass is 9.88. The first-order valence-electron chi connectivity index (χ1n) is 20.0. The highest BCUT2D eigenvalue weighted by atomic mass is 35.5. The first kappa shape index (κ1) is 46.8. The van der Waals surface area contributed by atoms with Gasteiger partial charge in [0.2, 0.25) is 12.2 Å². The van der Waals surface area contributed by atoms with Crippen LogP contribution >= 0.6 is 11.6 Å². The molecular weight excluding hydrogens is 826 g/mol. The van der Waals surface area contributed by atoms with E-state index < -0.39 is 42.6 Å². The number of benzene rings is 6. The first-order valence-corrected chi connectivity index (χ1v) is 20.4. The molecule has 0 aliphatic rings. The van der Waals surface area contributed by atoms with Gasteiger partial charge in [0.1, 0.15) is 40.9 Å². The number of carbonyl (C=O) groups is 2. The van der Waals surface area contributed by atoms with E-state index in [4.69, 9.17) is 30.5 Å². The predicted molar refractivity (Wildman–Crippen MR) is 234 cm³/mol. The third kappa shape index (κ3) is 13.9. The molecule has 6 aromatic rings. The number of esters is 2. The van der Waals surface area contributed by atoms with Crippen molar-refractivity contribution in [3.8, 4) is 40.9 Å². The number of halogens is 3. The Hall–Kier alpha value is -7.21. The van der Waals surface area contributed by atoms with E-state index in [1.54, 1.807) is 84.9 Å². The second kappa shape index (κ2) is 23.1. The standard InChI is InChI=1S/C26H23F2NO4.C25H22ClNO3/c1-17(2)24(18-11-13-21(14-12-18)32-26(27)28)25(30)33-23(16-29)19-7-6-10-22(15-19)31-20-8-4-3-5-9-20;1-17(2)24(18-11-13-20(26)14-12-18)25(28)30-23(16-27)19-7-6-10-22(15-19)29-21-8-4-3-5-9-21/h3-15,17,23-24,26H,1-2H3;3-15,17,23-24H,1-2H3/t23?,24-;23-,24+/m01/s1. The number of nitrogens with zero attached hydrogens (tertiary/aromatic N) is 2. The summed E-state index contributed by atoms with van der Waals surface area (Å²) in [6.07, 6.45) is -2.18. The van der Waals surface area contributed by atoms with Gasteiger partial charge in [-0.2, -0.15) is 19.3 Å². The van der Waals surface area contributed by atoms with Gasteiger partial charge in [0.15, 0.2) is 0 Å². The summed E-state index contributed by atoms with van der Waals surface area (Å²) in [4.78, 5) is 26.0. The molecular formula is C51H45ClF2N2O7. The molecule has 1 unspecified atom stereocenters. The van der Waals surface area contributed by atoms with Crippen molar-refractivity contribution in [2.75, 3.05) is 0 Å². The second-order valence-electron chi connectivity index (χ2n) is 14.8. The van der Waals surface area contributed by atoms with Gasteiger partial charge in [-0.1, -0.05) is 124 Å². The fourth-order valence-electron chi connectivity index (χ4n) is 6.56. The lowest BCUT2D eigenvalue weighted by Crippen LogP contribution is -2.22. The van der Waals surface area contributed by atoms with Crippen LogP contribution < -0.4 is 14.2 Å². The molecule has 6 rings (SSSR count). The average molecular weight is 871 g/mol. The molecule has 0 heterocycles. The Balaban J connectivity index is 0.000000239. The molecule has 63 heavy (non-hydrogen) atoms. The smallest absolute Gasteiger partial charge is 0.387 e. The zero-order valence-electron chi connectivity index (χ0n) is 34.9. The van der Waals surface area contributed by atoms with E-state index in [2.05, 4.69) is 10.8 Å². The topological polar surface area (TPSA) is 128 Å². The fraction of sp³-hybridized carbons (Fsp3) is 0.216. The van der Waals surface area contributed by atoms with Gasteiger partial charge in [0.05, 0.1) is 11.8 Å². The maximum Gasteiger partial charge on any atom is 0.387 e. The van der Waals surface area contributed by atoms with E-state index >= 15 is 0 Å². The maximum atomic E-state index is 13.0. The molecule has 0 saturated carbocycles. The van der Waals surface area contributed by atoms with Crippen LogP contribution in [0.5, 0.6) is 28.7 Å². The predicted octanol–water partition coefficient (Wildman–Crippen LogP) is 13.3. The number of hydrogen-bond donors (Lipinski definition) is 0. The van der Waals surface area contributed by atoms with Crippen LogP contribution in [0, 0.1) is 34.5 Å². The Bertz CT molecular complexity index is 2470. The first-order chi connectivity index (χ1) is 30.3. The van der Waals surface area contributed by atoms with Crippen molar-refractivity contribution in [2.24, 2.45) is 11.8 Å². The Morgan fingerprint density at radius 3 is 1.24 bits per heavy atom. The summed E-state index contributed by atoms with van der Waals surface area (Å²) in [5.74, 6) is -0.0130. The largest absolute Gasteiger partial charge is 0.457 e. The van der Waals surface area contributed by atoms with Crippen molar-refractivity contribution < 1.29 is 42.1 Å². The van der Waals surface area contributed by atoms with Crippen molar-refractivity contribution in [1.29, 1.82) is 10.5 Å². The minimum atomic E-state index is -2.93. The molecule has 0 saturated heterocycles. The van der Waals surface area contributed by atoms with Crippen LogP contribution in [0.3, 0.4) is 0 Å². The van der Waals surface area contributed by atoms with Crippen molar-refractivity contribution in [3.63, 3.8) is 0 Å². The lowest BCUT2D eigenvalue weighted by molar-refractivity contribution is -0.150. The van der Waals surface area contributed by atoms with Gasteiger partial charge in [0, 0.05) is 16.1 Å². The number of hydrogen-bond acceptors (Lipinski definition) is 9. The molecule has 0 spiro atoms. The number of ether oxygens (including phenoxy) is 5. The van der Waals surface area contributed by atoms with E-state index in [0.29, 0.717) is 44.7 Å². The van der Waals surface area contributed by atoms with Crippen molar-refractivity contribution in [3.05, 3.63) is 185 Å². The molecule has 4 atom stereocenters. The third-order valence-corrected chi connectivity index (χ3v) is 9.77. The number of rotatable bonds is 16. The molecule has 6 aromatic carbocycles. The van der Waals surface area contributed by atoms with E-state index in [9.17, 15) is 28.9 Å². The number of alkyl halides is 2. The highest BCUT2D eigenvalue weighted by Gasteiger charge is 2.30. The second-order valence-corrected chi connectivity index (χ2v) is 15.2. The summed E-state index contributed by atoms with van der Waals surface area (Å²) < 4.78 is 51.9. The summed E-state index contributed by atoms with van der Waals surface area (Å²) >= 11 is 5.96. The van der Waals surface area contributed by atoms with Crippen LogP contribution in [0.4, 0.5) is 8.78 Å². The van der Waals surface area contributed by atoms with Crippen LogP contribution in [-0.2, 0) is 19.1 Å². The van der Waals surface area contributed by atoms with Gasteiger partial charge >= 0.3 is 18.6 Å². The quantitative estimate of drug-likeness (QED) is 0.0873. The summed E-state index contributed by atoms with van der Waals surface area (Å²) in [5.41, 5.74) is 2.41. The average Bonchev–Trinajstić information content (AvgIpc) is 3.27. The Morgan fingerprint density at radius 1 is 0.492 bits per heavy atom. The normalized spacial score (nSPS) is 12.6. The Labute approximate surface area is 371 Å². The molecule has 0 radical (unpaired) electrons. The summed E-state index contributed by atoms with van der Waals surface area (Å²) in [5, 5.41) is 19.9. The molecule has 322 valence electrons. The van der Waals surface area contributed by atoms with Gasteiger partial charge in [-0.05, 0) is 95.8 Å². The highest BCUT2D eigenvalue weighted by molar-refractivity contribution is 6.30. The Kier molecular flexibility index (Phi) is 17.2. The van der Waals surface area contributed by atoms with Crippen LogP contribution in [0.2, 0.25) is 5.02 Å². The summed E-state index contributed by atoms with van der Waals surface area (Å²) in [6, 6.07) is 49.3. The maximum absolute atomic E-state index is 13.0. The van der Waals surface area contributed by atoms with E-state index in [1.165, 1.54) is 12.1 Å². The van der Waals surface area contributed by atoms with Crippen molar-refractivity contribution in [2.45, 2.75) is 58.4 Å². The molecule has 12 heteroatoms. The molecule has 0 amide bonds. The van der Waals surface area contributed by atoms with Crippen LogP contribution in [0.1, 0.15) is 74.0 Å². The van der Waals surface area contributed by atoms with Crippen molar-refractivity contribution in [1.82, 2.24) is 0 Å². The molecule has 0 aromatic heterocycles. The molecule has 0 bridgehead atoms. The van der Waals surface area contributed by atoms with Crippen LogP contribution in [0.15, 0.2) is 158 Å². The van der Waals surface area contributed by atoms with Gasteiger partial charge in [0.25, 0.3) is 0 Å². The molecule has 0 N–H and O–H groups in total. The van der Waals surface area contributed by atoms with Gasteiger partial charge in [-0.25, -0.2) is 0 Å². The van der Waals surface area contributed by atoms with Gasteiger partial charge in [-0.15, -0.1) is 0 Å². The van der Waals surface area contributed by atoms with Crippen molar-refractivity contribution >= 4 is 23.5 Å². The molecule has 0 aliphatic carbocycles. The number of para-hydroxylation sites is 2. The molecule has 0 aliphatic heterocycles. The zero-order chi connectivity index (χ0) is 45.3. The lowest BCUT2D eigenvalue weighted by Gasteiger charge is -2.22. The SMILES string of the molecule is CC(C)[C@H](C(=O)OC(C#N)c1cccc(Oc2ccccc2)c1)c1ccc(OC(F)F)cc1.CC(C)[C@H](C(=O)O[C@H](C#N)c1cccc(Oc2ccccc2)c1)c1ccc(Cl)cc1. The molecule has 9 nitrogen and oxygen atoms in total. The van der Waals surface area contributed by atoms with Gasteiger partial charge in [-0.3, -0.25) is 9.59 Å². The highest BCUT2D eigenvalue weighted by Crippen LogP contribution is 2.33. The monoisotopic (exact) mass is 870 g/mol. The van der Waals surface area contributed by atoms with E-state index in [-0.39, 0.29) is 17.6 Å². The third-order valence-electron chi connectivity index (χ3n) is 9.52. The Morgan fingerprint density at radius 2 is 0.873 bits per heavy atom. The summed E-state index contributed by atoms with van der Waals surface area (Å²) in [6.45, 7) is 4.63. The minimum absolute atomic E-state index is 0.00486. The van der Waals surface area contributed by atoms with E-state index in [0.717, 1.165) is 5.56 Å². The van der Waals surface area contributed by atoms with Gasteiger partial charge < -0.3 is 23.7 Å². The van der Waals surface area contributed by atoms with E-state index in [1.807, 2.05) is 94.4 Å². The fourth-order valence-corrected chi connectivity index (χ4v) is 6.69. The van der Waals surface area contributed by atoms with Crippen LogP contribution in [0.25, 0.3) is 0 Å². The summed E-state index contributed by atoms with van der Waals surface area (Å²) in [7, 11) is 0. The number of nitriles is 2.